The quantitative estimate of drug-likeness (QED) is 0.388. The van der Waals surface area contributed by atoms with Gasteiger partial charge in [-0.15, -0.1) is 0 Å². The van der Waals surface area contributed by atoms with Crippen molar-refractivity contribution < 1.29 is 0 Å². The lowest BCUT2D eigenvalue weighted by atomic mass is 10.1. The van der Waals surface area contributed by atoms with Crippen LogP contribution in [0, 0.1) is 0 Å². The summed E-state index contributed by atoms with van der Waals surface area (Å²) in [6.45, 7) is 3.44. The van der Waals surface area contributed by atoms with Crippen LogP contribution in [0.3, 0.4) is 0 Å². The van der Waals surface area contributed by atoms with Gasteiger partial charge in [-0.3, -0.25) is 5.73 Å². The lowest BCUT2D eigenvalue weighted by molar-refractivity contribution is 0.369. The molecule has 2 aromatic rings. The number of rotatable bonds is 7. The van der Waals surface area contributed by atoms with E-state index < -0.39 is 5.79 Å². The van der Waals surface area contributed by atoms with E-state index in [0.717, 1.165) is 30.8 Å². The smallest absolute Gasteiger partial charge is 0.224 e. The summed E-state index contributed by atoms with van der Waals surface area (Å²) >= 11 is 0. The average Bonchev–Trinajstić information content (AvgIpc) is 3.15. The lowest BCUT2D eigenvalue weighted by Gasteiger charge is -2.32. The zero-order valence-corrected chi connectivity index (χ0v) is 15.5. The summed E-state index contributed by atoms with van der Waals surface area (Å²) in [5, 5.41) is 9.63. The Morgan fingerprint density at radius 1 is 1.15 bits per heavy atom. The fraction of sp³-hybridized carbons (Fsp3) is 0.389. The third kappa shape index (κ3) is 5.45. The number of nitrogens with one attached hydrogen (secondary N) is 4. The van der Waals surface area contributed by atoms with Gasteiger partial charge in [0.05, 0.1) is 6.33 Å². The Balaban J connectivity index is 1.62. The number of aromatic nitrogens is 2. The van der Waals surface area contributed by atoms with E-state index in [1.54, 1.807) is 12.5 Å². The third-order valence-electron chi connectivity index (χ3n) is 4.21. The molecule has 0 amide bonds. The van der Waals surface area contributed by atoms with Crippen LogP contribution >= 0.6 is 0 Å². The van der Waals surface area contributed by atoms with Crippen LogP contribution in [0.2, 0.25) is 0 Å². The molecule has 0 fully saturated rings. The highest BCUT2D eigenvalue weighted by Gasteiger charge is 2.29. The van der Waals surface area contributed by atoms with Crippen LogP contribution in [0.4, 0.5) is 5.69 Å². The van der Waals surface area contributed by atoms with Gasteiger partial charge in [0.25, 0.3) is 0 Å². The average molecular weight is 369 g/mol. The molecule has 0 aliphatic carbocycles. The number of anilines is 1. The molecule has 0 radical (unpaired) electrons. The standard InChI is InChI=1S/C18H27N9/c1-2-22-16-25-17(23-10-8-13-3-5-14(19)6-4-13)27-18(20,26-16)9-7-15-11-21-12-24-15/h3-6,11-12H,2,7-10,19-20H2,1H3,(H,21,24)(H3,22,23,25,26,27). The van der Waals surface area contributed by atoms with Gasteiger partial charge in [0.2, 0.25) is 11.9 Å². The lowest BCUT2D eigenvalue weighted by Crippen LogP contribution is -2.61. The van der Waals surface area contributed by atoms with Gasteiger partial charge in [-0.25, -0.2) is 9.98 Å². The monoisotopic (exact) mass is 369 g/mol. The Labute approximate surface area is 158 Å². The minimum Gasteiger partial charge on any atom is -0.399 e. The number of aromatic amines is 1. The maximum absolute atomic E-state index is 6.48. The number of guanidine groups is 2. The molecule has 0 saturated heterocycles. The first-order valence-electron chi connectivity index (χ1n) is 9.11. The molecule has 2 heterocycles. The van der Waals surface area contributed by atoms with Crippen LogP contribution in [-0.4, -0.2) is 40.8 Å². The van der Waals surface area contributed by atoms with Crippen LogP contribution in [0.5, 0.6) is 0 Å². The van der Waals surface area contributed by atoms with Crippen molar-refractivity contribution in [1.82, 2.24) is 25.9 Å². The molecule has 144 valence electrons. The molecule has 9 nitrogen and oxygen atoms in total. The predicted molar refractivity (Wildman–Crippen MR) is 108 cm³/mol. The largest absolute Gasteiger partial charge is 0.399 e. The second-order valence-electron chi connectivity index (χ2n) is 6.47. The van der Waals surface area contributed by atoms with Crippen molar-refractivity contribution in [1.29, 1.82) is 0 Å². The minimum absolute atomic E-state index is 0.521. The van der Waals surface area contributed by atoms with Crippen molar-refractivity contribution in [3.05, 3.63) is 48.0 Å². The van der Waals surface area contributed by atoms with E-state index in [1.807, 2.05) is 31.2 Å². The number of hydrogen-bond acceptors (Lipinski definition) is 8. The number of nitrogen functional groups attached to an aromatic ring is 1. The molecule has 27 heavy (non-hydrogen) atoms. The van der Waals surface area contributed by atoms with Crippen LogP contribution in [0.25, 0.3) is 0 Å². The van der Waals surface area contributed by atoms with Gasteiger partial charge >= 0.3 is 0 Å². The molecule has 1 aromatic carbocycles. The molecule has 0 bridgehead atoms. The fourth-order valence-corrected chi connectivity index (χ4v) is 2.78. The van der Waals surface area contributed by atoms with Gasteiger partial charge in [-0.05, 0) is 37.5 Å². The highest BCUT2D eigenvalue weighted by Crippen LogP contribution is 2.13. The molecular weight excluding hydrogens is 342 g/mol. The summed E-state index contributed by atoms with van der Waals surface area (Å²) in [5.74, 6) is 0.204. The molecule has 1 aliphatic heterocycles. The van der Waals surface area contributed by atoms with Crippen molar-refractivity contribution in [3.63, 3.8) is 0 Å². The van der Waals surface area contributed by atoms with Crippen molar-refractivity contribution in [2.24, 2.45) is 15.7 Å². The van der Waals surface area contributed by atoms with Crippen molar-refractivity contribution in [2.75, 3.05) is 18.8 Å². The Morgan fingerprint density at radius 2 is 1.96 bits per heavy atom. The second-order valence-corrected chi connectivity index (χ2v) is 6.47. The summed E-state index contributed by atoms with van der Waals surface area (Å²) in [4.78, 5) is 16.2. The fourth-order valence-electron chi connectivity index (χ4n) is 2.78. The number of hydrogen-bond donors (Lipinski definition) is 6. The highest BCUT2D eigenvalue weighted by atomic mass is 15.4. The first-order chi connectivity index (χ1) is 13.1. The first-order valence-corrected chi connectivity index (χ1v) is 9.11. The van der Waals surface area contributed by atoms with Crippen LogP contribution in [0.1, 0.15) is 24.6 Å². The summed E-state index contributed by atoms with van der Waals surface area (Å²) in [6.07, 6.45) is 5.62. The SMILES string of the molecule is CCNC1=NC(NCCc2ccc(N)cc2)=NC(N)(CCc2cnc[nH]2)N1. The molecule has 1 unspecified atom stereocenters. The molecular formula is C18H27N9. The van der Waals surface area contributed by atoms with E-state index in [0.29, 0.717) is 24.9 Å². The van der Waals surface area contributed by atoms with Crippen molar-refractivity contribution in [2.45, 2.75) is 32.0 Å². The molecule has 1 aliphatic rings. The molecule has 1 atom stereocenters. The highest BCUT2D eigenvalue weighted by molar-refractivity contribution is 5.97. The summed E-state index contributed by atoms with van der Waals surface area (Å²) < 4.78 is 0. The number of aliphatic imine (C=N–C) groups is 2. The number of nitrogens with two attached hydrogens (primary N) is 2. The zero-order valence-electron chi connectivity index (χ0n) is 15.5. The Hall–Kier alpha value is -3.07. The summed E-state index contributed by atoms with van der Waals surface area (Å²) in [7, 11) is 0. The first kappa shape index (κ1) is 18.7. The van der Waals surface area contributed by atoms with E-state index in [1.165, 1.54) is 5.56 Å². The maximum Gasteiger partial charge on any atom is 0.224 e. The van der Waals surface area contributed by atoms with Gasteiger partial charge in [0.1, 0.15) is 0 Å². The topological polar surface area (TPSA) is 142 Å². The number of benzene rings is 1. The minimum atomic E-state index is -0.937. The van der Waals surface area contributed by atoms with E-state index in [-0.39, 0.29) is 0 Å². The normalized spacial score (nSPS) is 19.0. The number of H-pyrrole nitrogens is 1. The van der Waals surface area contributed by atoms with Gasteiger partial charge in [-0.2, -0.15) is 4.99 Å². The third-order valence-corrected chi connectivity index (χ3v) is 4.21. The van der Waals surface area contributed by atoms with Gasteiger partial charge in [0.15, 0.2) is 5.79 Å². The zero-order chi connectivity index (χ0) is 19.1. The maximum atomic E-state index is 6.48. The van der Waals surface area contributed by atoms with E-state index in [4.69, 9.17) is 11.5 Å². The van der Waals surface area contributed by atoms with Crippen LogP contribution in [0.15, 0.2) is 46.8 Å². The summed E-state index contributed by atoms with van der Waals surface area (Å²) in [6, 6.07) is 7.84. The molecule has 3 rings (SSSR count). The van der Waals surface area contributed by atoms with Gasteiger partial charge in [-0.1, -0.05) is 12.1 Å². The second kappa shape index (κ2) is 8.54. The van der Waals surface area contributed by atoms with E-state index in [2.05, 4.69) is 35.9 Å². The van der Waals surface area contributed by atoms with Crippen molar-refractivity contribution in [3.8, 4) is 0 Å². The van der Waals surface area contributed by atoms with Gasteiger partial charge < -0.3 is 26.7 Å². The summed E-state index contributed by atoms with van der Waals surface area (Å²) in [5.41, 5.74) is 15.2. The van der Waals surface area contributed by atoms with Crippen LogP contribution < -0.4 is 27.4 Å². The number of imidazole rings is 1. The van der Waals surface area contributed by atoms with E-state index >= 15 is 0 Å². The number of nitrogens with zero attached hydrogens (tertiary/aromatic N) is 3. The molecule has 0 spiro atoms. The Bertz CT molecular complexity index is 780. The molecule has 0 saturated carbocycles. The van der Waals surface area contributed by atoms with Crippen molar-refractivity contribution >= 4 is 17.6 Å². The number of aryl methyl sites for hydroxylation is 1. The molecule has 9 heteroatoms. The van der Waals surface area contributed by atoms with Crippen LogP contribution in [-0.2, 0) is 12.8 Å². The van der Waals surface area contributed by atoms with E-state index in [9.17, 15) is 0 Å². The molecule has 8 N–H and O–H groups in total. The predicted octanol–water partition coefficient (Wildman–Crippen LogP) is 0.294. The van der Waals surface area contributed by atoms with Gasteiger partial charge in [0, 0.05) is 37.1 Å². The Kier molecular flexibility index (Phi) is 5.92. The molecule has 1 aromatic heterocycles. The Morgan fingerprint density at radius 3 is 2.67 bits per heavy atom.